The highest BCUT2D eigenvalue weighted by Gasteiger charge is 2.30. The van der Waals surface area contributed by atoms with Crippen LogP contribution < -0.4 is 37.6 Å². The van der Waals surface area contributed by atoms with E-state index in [0.717, 1.165) is 0 Å². The summed E-state index contributed by atoms with van der Waals surface area (Å²) in [4.78, 5) is 30.5. The molecule has 218 valence electrons. The van der Waals surface area contributed by atoms with Crippen LogP contribution in [-0.4, -0.2) is 82.0 Å². The van der Waals surface area contributed by atoms with Crippen molar-refractivity contribution < 1.29 is 15.0 Å². The number of phenols is 1. The second-order valence-electron chi connectivity index (χ2n) is 10.5. The number of aliphatic hydroxyl groups is 1. The van der Waals surface area contributed by atoms with Crippen molar-refractivity contribution in [3.05, 3.63) is 53.1 Å². The monoisotopic (exact) mass is 582 g/mol. The van der Waals surface area contributed by atoms with E-state index in [1.807, 2.05) is 9.80 Å². The van der Waals surface area contributed by atoms with Crippen molar-refractivity contribution in [2.45, 2.75) is 31.0 Å². The fourth-order valence-electron chi connectivity index (χ4n) is 5.11. The number of piperidine rings is 2. The Hall–Kier alpha value is -3.75. The summed E-state index contributed by atoms with van der Waals surface area (Å²) < 4.78 is 0. The third kappa shape index (κ3) is 6.94. The summed E-state index contributed by atoms with van der Waals surface area (Å²) in [6.45, 7) is 2.49. The van der Waals surface area contributed by atoms with Crippen molar-refractivity contribution in [2.75, 3.05) is 53.2 Å². The van der Waals surface area contributed by atoms with Gasteiger partial charge < -0.3 is 47.8 Å². The first-order chi connectivity index (χ1) is 19.7. The van der Waals surface area contributed by atoms with E-state index >= 15 is 0 Å². The molecule has 2 aliphatic heterocycles. The minimum atomic E-state index is -0.477. The van der Waals surface area contributed by atoms with Crippen LogP contribution in [0.15, 0.2) is 42.5 Å². The van der Waals surface area contributed by atoms with Gasteiger partial charge in [-0.05, 0) is 55.8 Å². The number of nitrogens with two attached hydrogens (primary N) is 3. The van der Waals surface area contributed by atoms with Crippen LogP contribution in [0, 0.1) is 5.92 Å². The average molecular weight is 583 g/mol. The van der Waals surface area contributed by atoms with Gasteiger partial charge >= 0.3 is 0 Å². The number of nitrogens with zero attached hydrogens (tertiary/aromatic N) is 5. The third-order valence-electron chi connectivity index (χ3n) is 7.30. The van der Waals surface area contributed by atoms with Gasteiger partial charge in [0.1, 0.15) is 5.75 Å². The lowest BCUT2D eigenvalue weighted by Gasteiger charge is -2.37. The van der Waals surface area contributed by atoms with Crippen molar-refractivity contribution in [1.82, 2.24) is 15.0 Å². The van der Waals surface area contributed by atoms with Crippen LogP contribution in [0.4, 0.5) is 29.2 Å². The lowest BCUT2D eigenvalue weighted by Crippen LogP contribution is -2.53. The van der Waals surface area contributed by atoms with Crippen LogP contribution in [0.5, 0.6) is 5.75 Å². The number of hydrogen-bond acceptors (Lipinski definition) is 12. The minimum Gasteiger partial charge on any atom is -0.506 e. The zero-order chi connectivity index (χ0) is 29.1. The van der Waals surface area contributed by atoms with Crippen LogP contribution in [0.1, 0.15) is 23.2 Å². The largest absolute Gasteiger partial charge is 0.506 e. The molecule has 4 atom stereocenters. The van der Waals surface area contributed by atoms with E-state index in [2.05, 4.69) is 20.6 Å². The van der Waals surface area contributed by atoms with Crippen molar-refractivity contribution in [2.24, 2.45) is 23.1 Å². The molecule has 0 bridgehead atoms. The van der Waals surface area contributed by atoms with Crippen molar-refractivity contribution in [3.63, 3.8) is 0 Å². The molecule has 0 unspecified atom stereocenters. The average Bonchev–Trinajstić information content (AvgIpc) is 2.94. The molecule has 2 fully saturated rings. The molecule has 3 aromatic rings. The first kappa shape index (κ1) is 28.8. The van der Waals surface area contributed by atoms with E-state index in [4.69, 9.17) is 33.8 Å². The smallest absolute Gasteiger partial charge is 0.255 e. The topological polar surface area (TPSA) is 205 Å². The molecule has 13 nitrogen and oxygen atoms in total. The molecule has 41 heavy (non-hydrogen) atoms. The van der Waals surface area contributed by atoms with Crippen molar-refractivity contribution in [1.29, 1.82) is 0 Å². The number of amides is 1. The maximum atomic E-state index is 12.6. The summed E-state index contributed by atoms with van der Waals surface area (Å²) in [7, 11) is 0. The predicted molar refractivity (Wildman–Crippen MR) is 159 cm³/mol. The number of carbonyl (C=O) groups excluding carboxylic acids is 1. The number of benzene rings is 2. The molecule has 3 heterocycles. The number of hydrogen-bond donors (Lipinski definition) is 7. The molecule has 5 rings (SSSR count). The number of aromatic hydroxyl groups is 1. The highest BCUT2D eigenvalue weighted by molar-refractivity contribution is 6.30. The van der Waals surface area contributed by atoms with Gasteiger partial charge in [0.25, 0.3) is 5.91 Å². The van der Waals surface area contributed by atoms with Gasteiger partial charge in [-0.25, -0.2) is 0 Å². The summed E-state index contributed by atoms with van der Waals surface area (Å²) in [6.07, 6.45) is 0.777. The maximum Gasteiger partial charge on any atom is 0.255 e. The number of phenolic OH excluding ortho intramolecular Hbond substituents is 1. The number of aliphatic hydroxyl groups excluding tert-OH is 1. The van der Waals surface area contributed by atoms with Crippen LogP contribution in [0.2, 0.25) is 5.02 Å². The molecule has 0 saturated carbocycles. The molecule has 0 spiro atoms. The minimum absolute atomic E-state index is 0.107. The Morgan fingerprint density at radius 2 is 1.68 bits per heavy atom. The van der Waals surface area contributed by atoms with Crippen molar-refractivity contribution in [3.8, 4) is 5.75 Å². The first-order valence-electron chi connectivity index (χ1n) is 13.5. The van der Waals surface area contributed by atoms with Gasteiger partial charge in [-0.1, -0.05) is 11.6 Å². The lowest BCUT2D eigenvalue weighted by atomic mass is 9.95. The maximum absolute atomic E-state index is 12.6. The van der Waals surface area contributed by atoms with Crippen molar-refractivity contribution >= 4 is 46.7 Å². The molecule has 2 aromatic carbocycles. The van der Waals surface area contributed by atoms with Gasteiger partial charge in [0.15, 0.2) is 0 Å². The zero-order valence-electron chi connectivity index (χ0n) is 22.4. The van der Waals surface area contributed by atoms with Crippen LogP contribution in [-0.2, 0) is 0 Å². The number of rotatable bonds is 7. The van der Waals surface area contributed by atoms with Crippen LogP contribution >= 0.6 is 11.6 Å². The first-order valence-corrected chi connectivity index (χ1v) is 13.9. The zero-order valence-corrected chi connectivity index (χ0v) is 23.2. The second kappa shape index (κ2) is 12.4. The fraction of sp³-hybridized carbons (Fsp3) is 0.407. The van der Waals surface area contributed by atoms with E-state index in [-0.39, 0.29) is 41.3 Å². The third-order valence-corrected chi connectivity index (χ3v) is 7.55. The molecule has 1 aromatic heterocycles. The molecule has 2 saturated heterocycles. The Bertz CT molecular complexity index is 1370. The summed E-state index contributed by atoms with van der Waals surface area (Å²) in [6, 6.07) is 10.9. The Balaban J connectivity index is 1.39. The number of carbonyl (C=O) groups is 1. The summed E-state index contributed by atoms with van der Waals surface area (Å²) >= 11 is 5.90. The van der Waals surface area contributed by atoms with E-state index in [1.165, 1.54) is 6.07 Å². The van der Waals surface area contributed by atoms with E-state index in [1.54, 1.807) is 36.4 Å². The SMILES string of the molecule is NC[C@@H]1CN(c2nc(Nc3ccc(NC(=O)c4ccc(Cl)cc4)c(O)c3)nc(N3C[C@H](N)C[C@H](N)C3)n2)CC[C@@H]1O. The quantitative estimate of drug-likeness (QED) is 0.196. The highest BCUT2D eigenvalue weighted by Crippen LogP contribution is 2.30. The van der Waals surface area contributed by atoms with Gasteiger partial charge in [-0.2, -0.15) is 15.0 Å². The molecular formula is C27H35ClN10O3. The Labute approximate surface area is 242 Å². The van der Waals surface area contributed by atoms with Gasteiger partial charge in [-0.3, -0.25) is 4.79 Å². The summed E-state index contributed by atoms with van der Waals surface area (Å²) in [5.41, 5.74) is 19.5. The molecular weight excluding hydrogens is 548 g/mol. The predicted octanol–water partition coefficient (Wildman–Crippen LogP) is 1.24. The van der Waals surface area contributed by atoms with Gasteiger partial charge in [0, 0.05) is 66.5 Å². The van der Waals surface area contributed by atoms with Crippen LogP contribution in [0.25, 0.3) is 0 Å². The Morgan fingerprint density at radius 1 is 1.00 bits per heavy atom. The molecule has 10 N–H and O–H groups in total. The number of nitrogens with one attached hydrogen (secondary N) is 2. The Morgan fingerprint density at radius 3 is 2.34 bits per heavy atom. The lowest BCUT2D eigenvalue weighted by molar-refractivity contribution is 0.0917. The van der Waals surface area contributed by atoms with E-state index in [0.29, 0.717) is 73.7 Å². The van der Waals surface area contributed by atoms with E-state index in [9.17, 15) is 15.0 Å². The second-order valence-corrected chi connectivity index (χ2v) is 11.0. The van der Waals surface area contributed by atoms with E-state index < -0.39 is 6.10 Å². The number of aromatic nitrogens is 3. The Kier molecular flexibility index (Phi) is 8.71. The van der Waals surface area contributed by atoms with Crippen LogP contribution in [0.3, 0.4) is 0 Å². The highest BCUT2D eigenvalue weighted by atomic mass is 35.5. The molecule has 1 amide bonds. The normalized spacial score (nSPS) is 22.9. The molecule has 0 radical (unpaired) electrons. The fourth-order valence-corrected chi connectivity index (χ4v) is 5.23. The number of halogens is 1. The number of anilines is 5. The summed E-state index contributed by atoms with van der Waals surface area (Å²) in [5.74, 6) is 0.483. The molecule has 2 aliphatic rings. The summed E-state index contributed by atoms with van der Waals surface area (Å²) in [5, 5.41) is 27.3. The van der Waals surface area contributed by atoms with Gasteiger partial charge in [0.2, 0.25) is 17.8 Å². The molecule has 0 aliphatic carbocycles. The van der Waals surface area contributed by atoms with Gasteiger partial charge in [-0.15, -0.1) is 0 Å². The molecule has 14 heteroatoms. The van der Waals surface area contributed by atoms with Gasteiger partial charge in [0.05, 0.1) is 11.8 Å². The standard InChI is InChI=1S/C27H35ClN10O3/c28-17-3-1-15(2-4-17)24(41)33-21-6-5-20(10-23(21)40)32-25-34-26(37-8-7-22(39)16(11-29)12-37)36-27(35-25)38-13-18(30)9-19(31)14-38/h1-6,10,16,18-19,22,39-40H,7-9,11-14,29-31H2,(H,33,41)(H,32,34,35,36)/t16-,18-,19+,22+/m1/s1.